The molecule has 0 radical (unpaired) electrons. The first-order valence-corrected chi connectivity index (χ1v) is 12.2. The third-order valence-electron chi connectivity index (χ3n) is 6.36. The third kappa shape index (κ3) is 5.66. The van der Waals surface area contributed by atoms with Crippen LogP contribution in [0.25, 0.3) is 22.2 Å². The van der Waals surface area contributed by atoms with Crippen molar-refractivity contribution in [2.75, 3.05) is 31.2 Å². The van der Waals surface area contributed by atoms with Crippen LogP contribution >= 0.6 is 11.6 Å². The number of aryl methyl sites for hydroxylation is 1. The molecule has 0 N–H and O–H groups in total. The van der Waals surface area contributed by atoms with Crippen molar-refractivity contribution in [3.63, 3.8) is 0 Å². The van der Waals surface area contributed by atoms with E-state index < -0.39 is 24.7 Å². The van der Waals surface area contributed by atoms with Gasteiger partial charge in [-0.25, -0.2) is 19.3 Å². The van der Waals surface area contributed by atoms with Crippen LogP contribution in [0.4, 0.5) is 23.4 Å². The minimum atomic E-state index is -4.49. The third-order valence-corrected chi connectivity index (χ3v) is 6.60. The summed E-state index contributed by atoms with van der Waals surface area (Å²) in [5, 5.41) is 0.365. The number of pyridine rings is 2. The Morgan fingerprint density at radius 1 is 1.18 bits per heavy atom. The predicted octanol–water partition coefficient (Wildman–Crippen LogP) is 5.01. The largest absolute Gasteiger partial charge is 0.468 e. The molecule has 0 bridgehead atoms. The molecule has 1 aliphatic rings. The van der Waals surface area contributed by atoms with Gasteiger partial charge >= 0.3 is 6.18 Å². The van der Waals surface area contributed by atoms with E-state index in [0.29, 0.717) is 29.3 Å². The molecule has 1 fully saturated rings. The number of morpholine rings is 1. The van der Waals surface area contributed by atoms with E-state index in [1.165, 1.54) is 29.0 Å². The fourth-order valence-electron chi connectivity index (χ4n) is 4.34. The first kappa shape index (κ1) is 26.8. The van der Waals surface area contributed by atoms with Gasteiger partial charge in [0.05, 0.1) is 23.2 Å². The number of aromatic nitrogens is 4. The van der Waals surface area contributed by atoms with Crippen LogP contribution in [-0.2, 0) is 11.8 Å². The Morgan fingerprint density at radius 2 is 1.97 bits per heavy atom. The summed E-state index contributed by atoms with van der Waals surface area (Å²) in [7, 11) is 1.58. The highest BCUT2D eigenvalue weighted by Gasteiger charge is 2.29. The van der Waals surface area contributed by atoms with Crippen molar-refractivity contribution in [2.24, 2.45) is 7.05 Å². The van der Waals surface area contributed by atoms with Crippen molar-refractivity contribution in [1.29, 1.82) is 0 Å². The van der Waals surface area contributed by atoms with Gasteiger partial charge in [0.25, 0.3) is 5.56 Å². The summed E-state index contributed by atoms with van der Waals surface area (Å²) in [6.45, 7) is 1.20. The Kier molecular flexibility index (Phi) is 7.17. The number of rotatable bonds is 5. The molecule has 0 saturated carbocycles. The second-order valence-electron chi connectivity index (χ2n) is 9.01. The normalized spacial score (nSPS) is 16.1. The molecule has 5 rings (SSSR count). The van der Waals surface area contributed by atoms with E-state index in [2.05, 4.69) is 9.97 Å². The minimum Gasteiger partial charge on any atom is -0.468 e. The van der Waals surface area contributed by atoms with Crippen LogP contribution in [0, 0.1) is 12.7 Å². The average molecular weight is 564 g/mol. The van der Waals surface area contributed by atoms with Gasteiger partial charge < -0.3 is 14.4 Å². The second kappa shape index (κ2) is 10.4. The molecule has 1 saturated heterocycles. The van der Waals surface area contributed by atoms with Gasteiger partial charge in [0.15, 0.2) is 6.61 Å². The summed E-state index contributed by atoms with van der Waals surface area (Å²) in [6, 6.07) is 8.81. The molecule has 0 aliphatic carbocycles. The zero-order valence-corrected chi connectivity index (χ0v) is 21.6. The lowest BCUT2D eigenvalue weighted by Gasteiger charge is -2.34. The molecule has 4 aromatic rings. The van der Waals surface area contributed by atoms with Gasteiger partial charge in [0.2, 0.25) is 5.88 Å². The van der Waals surface area contributed by atoms with Crippen molar-refractivity contribution in [3.05, 3.63) is 75.2 Å². The fourth-order valence-corrected chi connectivity index (χ4v) is 4.50. The molecule has 0 unspecified atom stereocenters. The van der Waals surface area contributed by atoms with Gasteiger partial charge in [-0.15, -0.1) is 0 Å². The minimum absolute atomic E-state index is 0.0967. The smallest absolute Gasteiger partial charge is 0.422 e. The van der Waals surface area contributed by atoms with E-state index in [1.807, 2.05) is 4.90 Å². The SMILES string of the molecule is Cc1nc2cc(N3CCO[C@@H](c4ccnc(OCC(F)(F)F)c4)C3)nc(-c3ccc(Cl)cc3F)c2c(=O)n1C. The van der Waals surface area contributed by atoms with Gasteiger partial charge in [0.1, 0.15) is 23.6 Å². The lowest BCUT2D eigenvalue weighted by molar-refractivity contribution is -0.154. The zero-order chi connectivity index (χ0) is 27.9. The topological polar surface area (TPSA) is 82.4 Å². The Balaban J connectivity index is 1.54. The number of ether oxygens (including phenoxy) is 2. The molecule has 4 heterocycles. The summed E-state index contributed by atoms with van der Waals surface area (Å²) in [5.74, 6) is 0.0858. The lowest BCUT2D eigenvalue weighted by atomic mass is 10.1. The molecule has 1 atom stereocenters. The van der Waals surface area contributed by atoms with E-state index in [0.717, 1.165) is 6.07 Å². The number of anilines is 1. The fraction of sp³-hybridized carbons (Fsp3) is 0.308. The Hall–Kier alpha value is -3.77. The van der Waals surface area contributed by atoms with E-state index >= 15 is 4.39 Å². The number of fused-ring (bicyclic) bond motifs is 1. The molecule has 13 heteroatoms. The lowest BCUT2D eigenvalue weighted by Crippen LogP contribution is -2.39. The highest BCUT2D eigenvalue weighted by atomic mass is 35.5. The number of nitrogens with zero attached hydrogens (tertiary/aromatic N) is 5. The number of hydrogen-bond donors (Lipinski definition) is 0. The highest BCUT2D eigenvalue weighted by Crippen LogP contribution is 2.33. The number of alkyl halides is 3. The summed E-state index contributed by atoms with van der Waals surface area (Å²) in [4.78, 5) is 28.2. The summed E-state index contributed by atoms with van der Waals surface area (Å²) in [6.07, 6.45) is -3.69. The van der Waals surface area contributed by atoms with Crippen LogP contribution in [0.5, 0.6) is 5.88 Å². The van der Waals surface area contributed by atoms with Crippen molar-refractivity contribution < 1.29 is 27.0 Å². The maximum Gasteiger partial charge on any atom is 0.422 e. The number of hydrogen-bond acceptors (Lipinski definition) is 7. The molecular formula is C26H22ClF4N5O3. The van der Waals surface area contributed by atoms with Crippen molar-refractivity contribution in [3.8, 4) is 17.1 Å². The van der Waals surface area contributed by atoms with E-state index in [-0.39, 0.29) is 46.3 Å². The van der Waals surface area contributed by atoms with Crippen molar-refractivity contribution in [2.45, 2.75) is 19.2 Å². The monoisotopic (exact) mass is 563 g/mol. The van der Waals surface area contributed by atoms with Gasteiger partial charge in [-0.05, 0) is 36.8 Å². The van der Waals surface area contributed by atoms with Crippen LogP contribution in [0.15, 0.2) is 47.4 Å². The number of benzene rings is 1. The second-order valence-corrected chi connectivity index (χ2v) is 9.44. The van der Waals surface area contributed by atoms with Crippen LogP contribution in [-0.4, -0.2) is 52.0 Å². The molecule has 0 spiro atoms. The first-order valence-electron chi connectivity index (χ1n) is 11.9. The summed E-state index contributed by atoms with van der Waals surface area (Å²) >= 11 is 5.95. The molecule has 1 aromatic carbocycles. The maximum absolute atomic E-state index is 15.0. The van der Waals surface area contributed by atoms with Crippen molar-refractivity contribution >= 4 is 28.3 Å². The van der Waals surface area contributed by atoms with E-state index in [4.69, 9.17) is 26.1 Å². The van der Waals surface area contributed by atoms with Crippen LogP contribution < -0.4 is 15.2 Å². The van der Waals surface area contributed by atoms with Gasteiger partial charge in [0, 0.05) is 49.1 Å². The molecule has 3 aromatic heterocycles. The molecule has 39 heavy (non-hydrogen) atoms. The molecular weight excluding hydrogens is 542 g/mol. The Morgan fingerprint density at radius 3 is 2.72 bits per heavy atom. The summed E-state index contributed by atoms with van der Waals surface area (Å²) in [5.41, 5.74) is 0.766. The molecule has 1 aliphatic heterocycles. The van der Waals surface area contributed by atoms with Crippen LogP contribution in [0.1, 0.15) is 17.5 Å². The van der Waals surface area contributed by atoms with Gasteiger partial charge in [-0.3, -0.25) is 9.36 Å². The first-order chi connectivity index (χ1) is 18.5. The van der Waals surface area contributed by atoms with Gasteiger partial charge in [-0.2, -0.15) is 13.2 Å². The number of halogens is 5. The standard InChI is InChI=1S/C26H22ClF4N5O3/c1-14-33-19-11-21(34-24(23(19)25(37)35(14)2)17-4-3-16(27)10-18(17)28)36-7-8-38-20(12-36)15-5-6-32-22(9-15)39-13-26(29,30)31/h3-6,9-11,20H,7-8,12-13H2,1-2H3/t20-/m1/s1. The highest BCUT2D eigenvalue weighted by molar-refractivity contribution is 6.30. The van der Waals surface area contributed by atoms with Crippen LogP contribution in [0.2, 0.25) is 5.02 Å². The zero-order valence-electron chi connectivity index (χ0n) is 20.8. The van der Waals surface area contributed by atoms with Crippen LogP contribution in [0.3, 0.4) is 0 Å². The predicted molar refractivity (Wildman–Crippen MR) is 137 cm³/mol. The molecule has 8 nitrogen and oxygen atoms in total. The quantitative estimate of drug-likeness (QED) is 0.316. The summed E-state index contributed by atoms with van der Waals surface area (Å²) < 4.78 is 64.8. The average Bonchev–Trinajstić information content (AvgIpc) is 2.90. The van der Waals surface area contributed by atoms with E-state index in [9.17, 15) is 18.0 Å². The van der Waals surface area contributed by atoms with Crippen molar-refractivity contribution in [1.82, 2.24) is 19.5 Å². The maximum atomic E-state index is 15.0. The molecule has 204 valence electrons. The van der Waals surface area contributed by atoms with E-state index in [1.54, 1.807) is 26.1 Å². The van der Waals surface area contributed by atoms with Gasteiger partial charge in [-0.1, -0.05) is 11.6 Å². The Bertz CT molecular complexity index is 1610. The Labute approximate surface area is 224 Å². The molecule has 0 amide bonds.